The van der Waals surface area contributed by atoms with E-state index >= 15 is 0 Å². The van der Waals surface area contributed by atoms with E-state index in [1.54, 1.807) is 47.4 Å². The number of nitrogens with two attached hydrogens (primary N) is 1. The molecule has 0 atom stereocenters. The van der Waals surface area contributed by atoms with E-state index in [-0.39, 0.29) is 22.1 Å². The summed E-state index contributed by atoms with van der Waals surface area (Å²) in [6, 6.07) is 11.5. The highest BCUT2D eigenvalue weighted by molar-refractivity contribution is 7.92. The molecule has 10 heteroatoms. The largest absolute Gasteiger partial charge is 0.330 e. The molecule has 0 radical (unpaired) electrons. The normalized spacial score (nSPS) is 13.6. The Kier molecular flexibility index (Phi) is 8.95. The number of hydrogen-bond donors (Lipinski definition) is 1. The molecule has 0 aliphatic carbocycles. The number of rotatable bonds is 12. The Morgan fingerprint density at radius 1 is 0.971 bits per heavy atom. The lowest BCUT2D eigenvalue weighted by atomic mass is 10.1. The number of anilines is 2. The first-order chi connectivity index (χ1) is 16.6. The first-order valence-electron chi connectivity index (χ1n) is 12.0. The molecule has 35 heavy (non-hydrogen) atoms. The van der Waals surface area contributed by atoms with Crippen molar-refractivity contribution in [3.05, 3.63) is 53.6 Å². The molecule has 3 rings (SSSR count). The smallest absolute Gasteiger partial charge is 0.260 e. The Bertz CT molecular complexity index is 1260. The van der Waals surface area contributed by atoms with Crippen molar-refractivity contribution in [1.82, 2.24) is 0 Å². The minimum atomic E-state index is -3.54. The van der Waals surface area contributed by atoms with Crippen LogP contribution in [-0.2, 0) is 26.3 Å². The molecule has 0 saturated heterocycles. The maximum absolute atomic E-state index is 13.4. The van der Waals surface area contributed by atoms with E-state index in [4.69, 9.17) is 5.73 Å². The number of carbonyl (C=O) groups excluding carboxylic acids is 1. The molecule has 0 bridgehead atoms. The zero-order valence-electron chi connectivity index (χ0n) is 20.4. The third-order valence-corrected chi connectivity index (χ3v) is 9.38. The highest BCUT2D eigenvalue weighted by Crippen LogP contribution is 2.33. The zero-order valence-corrected chi connectivity index (χ0v) is 22.1. The number of amides is 1. The molecule has 1 aliphatic heterocycles. The van der Waals surface area contributed by atoms with Crippen molar-refractivity contribution in [2.45, 2.75) is 49.8 Å². The summed E-state index contributed by atoms with van der Waals surface area (Å²) in [5, 5.41) is 0. The molecule has 8 nitrogen and oxygen atoms in total. The molecule has 0 saturated carbocycles. The summed E-state index contributed by atoms with van der Waals surface area (Å²) in [7, 11) is -5.53. The van der Waals surface area contributed by atoms with Crippen molar-refractivity contribution >= 4 is 37.1 Å². The van der Waals surface area contributed by atoms with E-state index in [0.29, 0.717) is 37.3 Å². The highest BCUT2D eigenvalue weighted by atomic mass is 32.2. The molecule has 1 heterocycles. The number of unbranched alkanes of at least 4 members (excludes halogenated alkanes) is 5. The predicted octanol–water partition coefficient (Wildman–Crippen LogP) is 3.36. The fraction of sp³-hybridized carbons (Fsp3) is 0.480. The lowest BCUT2D eigenvalue weighted by Gasteiger charge is -2.23. The van der Waals surface area contributed by atoms with Crippen LogP contribution in [0.1, 0.15) is 54.4 Å². The van der Waals surface area contributed by atoms with Crippen molar-refractivity contribution in [3.63, 3.8) is 0 Å². The third kappa shape index (κ3) is 6.62. The van der Waals surface area contributed by atoms with Crippen molar-refractivity contribution in [1.29, 1.82) is 0 Å². The average molecular weight is 522 g/mol. The fourth-order valence-electron chi connectivity index (χ4n) is 4.30. The van der Waals surface area contributed by atoms with E-state index in [9.17, 15) is 21.6 Å². The number of para-hydroxylation sites is 1. The Morgan fingerprint density at radius 3 is 2.31 bits per heavy atom. The number of sulfonamides is 1. The average Bonchev–Trinajstić information content (AvgIpc) is 3.25. The van der Waals surface area contributed by atoms with Gasteiger partial charge in [0.15, 0.2) is 9.84 Å². The molecular formula is C25H35N3O5S2. The van der Waals surface area contributed by atoms with Crippen LogP contribution in [0.3, 0.4) is 0 Å². The number of sulfone groups is 1. The monoisotopic (exact) mass is 521 g/mol. The first kappa shape index (κ1) is 27.2. The van der Waals surface area contributed by atoms with Gasteiger partial charge >= 0.3 is 0 Å². The van der Waals surface area contributed by atoms with E-state index in [1.807, 2.05) is 0 Å². The van der Waals surface area contributed by atoms with Gasteiger partial charge in [-0.25, -0.2) is 16.8 Å². The third-order valence-electron chi connectivity index (χ3n) is 6.39. The van der Waals surface area contributed by atoms with E-state index in [1.165, 1.54) is 7.05 Å². The van der Waals surface area contributed by atoms with Gasteiger partial charge in [0, 0.05) is 19.3 Å². The quantitative estimate of drug-likeness (QED) is 0.428. The Hall–Kier alpha value is -2.43. The lowest BCUT2D eigenvalue weighted by molar-refractivity contribution is 0.0990. The van der Waals surface area contributed by atoms with Gasteiger partial charge in [-0.05, 0) is 61.7 Å². The molecule has 2 aromatic rings. The fourth-order valence-corrected chi connectivity index (χ4v) is 6.23. The number of nitrogens with zero attached hydrogens (tertiary/aromatic N) is 2. The van der Waals surface area contributed by atoms with Crippen LogP contribution in [0.5, 0.6) is 0 Å². The zero-order chi connectivity index (χ0) is 25.6. The van der Waals surface area contributed by atoms with Crippen LogP contribution in [-0.4, -0.2) is 54.9 Å². The number of hydrogen-bond acceptors (Lipinski definition) is 6. The van der Waals surface area contributed by atoms with Crippen LogP contribution in [0.25, 0.3) is 0 Å². The predicted molar refractivity (Wildman–Crippen MR) is 140 cm³/mol. The maximum Gasteiger partial charge on any atom is 0.260 e. The Labute approximate surface area is 209 Å². The summed E-state index contributed by atoms with van der Waals surface area (Å²) >= 11 is 0. The molecule has 1 aliphatic rings. The number of fused-ring (bicyclic) bond motifs is 1. The van der Waals surface area contributed by atoms with Crippen LogP contribution in [0, 0.1) is 0 Å². The standard InChI is InChI=1S/C25H35N3O5S2/c1-27(34(2,30)31)24-12-8-7-11-22(24)25(29)28-17-15-20-19-21(13-14-23(20)28)35(32,33)18-10-6-4-3-5-9-16-26/h7-8,11-14,19H,3-6,9-10,15-18,26H2,1-2H3. The second-order valence-corrected chi connectivity index (χ2v) is 13.1. The minimum absolute atomic E-state index is 0.108. The SMILES string of the molecule is CN(c1ccccc1C(=O)N1CCc2cc(S(=O)(=O)CCCCCCCCN)ccc21)S(C)(=O)=O. The van der Waals surface area contributed by atoms with Crippen LogP contribution in [0.2, 0.25) is 0 Å². The van der Waals surface area contributed by atoms with Gasteiger partial charge in [0.25, 0.3) is 5.91 Å². The van der Waals surface area contributed by atoms with Crippen molar-refractivity contribution in [2.24, 2.45) is 5.73 Å². The van der Waals surface area contributed by atoms with Crippen LogP contribution in [0.15, 0.2) is 47.4 Å². The van der Waals surface area contributed by atoms with Crippen LogP contribution in [0.4, 0.5) is 11.4 Å². The van der Waals surface area contributed by atoms with E-state index < -0.39 is 19.9 Å². The molecular weight excluding hydrogens is 486 g/mol. The van der Waals surface area contributed by atoms with Gasteiger partial charge in [-0.3, -0.25) is 9.10 Å². The molecule has 2 N–H and O–H groups in total. The summed E-state index contributed by atoms with van der Waals surface area (Å²) in [4.78, 5) is 15.3. The molecule has 1 amide bonds. The van der Waals surface area contributed by atoms with E-state index in [2.05, 4.69) is 0 Å². The van der Waals surface area contributed by atoms with Gasteiger partial charge in [-0.1, -0.05) is 37.8 Å². The summed E-state index contributed by atoms with van der Waals surface area (Å²) in [5.74, 6) is -0.212. The molecule has 0 unspecified atom stereocenters. The maximum atomic E-state index is 13.4. The van der Waals surface area contributed by atoms with Gasteiger partial charge in [-0.2, -0.15) is 0 Å². The molecule has 0 aromatic heterocycles. The lowest BCUT2D eigenvalue weighted by Crippen LogP contribution is -2.32. The summed E-state index contributed by atoms with van der Waals surface area (Å²) in [6.45, 7) is 1.09. The molecule has 0 spiro atoms. The molecule has 0 fully saturated rings. The van der Waals surface area contributed by atoms with Crippen LogP contribution < -0.4 is 14.9 Å². The van der Waals surface area contributed by atoms with E-state index in [0.717, 1.165) is 48.2 Å². The van der Waals surface area contributed by atoms with Gasteiger partial charge in [0.2, 0.25) is 10.0 Å². The van der Waals surface area contributed by atoms with Gasteiger partial charge < -0.3 is 10.6 Å². The second kappa shape index (κ2) is 11.5. The van der Waals surface area contributed by atoms with Gasteiger partial charge in [0.1, 0.15) is 0 Å². The van der Waals surface area contributed by atoms with Crippen molar-refractivity contribution in [2.75, 3.05) is 41.4 Å². The minimum Gasteiger partial charge on any atom is -0.330 e. The Balaban J connectivity index is 1.73. The van der Waals surface area contributed by atoms with Crippen molar-refractivity contribution in [3.8, 4) is 0 Å². The topological polar surface area (TPSA) is 118 Å². The van der Waals surface area contributed by atoms with Gasteiger partial charge in [0.05, 0.1) is 28.2 Å². The highest BCUT2D eigenvalue weighted by Gasteiger charge is 2.30. The Morgan fingerprint density at radius 2 is 1.63 bits per heavy atom. The molecule has 192 valence electrons. The summed E-state index contributed by atoms with van der Waals surface area (Å²) in [5.41, 5.74) is 7.53. The molecule has 2 aromatic carbocycles. The number of benzene rings is 2. The first-order valence-corrected chi connectivity index (χ1v) is 15.5. The number of carbonyl (C=O) groups is 1. The van der Waals surface area contributed by atoms with Gasteiger partial charge in [-0.15, -0.1) is 0 Å². The van der Waals surface area contributed by atoms with Crippen LogP contribution >= 0.6 is 0 Å². The van der Waals surface area contributed by atoms with Crippen molar-refractivity contribution < 1.29 is 21.6 Å². The summed E-state index contributed by atoms with van der Waals surface area (Å²) < 4.78 is 50.9. The summed E-state index contributed by atoms with van der Waals surface area (Å²) in [6.07, 6.45) is 7.29. The second-order valence-electron chi connectivity index (χ2n) is 8.97.